The molecule has 4 N–H and O–H groups in total. The lowest BCUT2D eigenvalue weighted by molar-refractivity contribution is 0.198. The van der Waals surface area contributed by atoms with Gasteiger partial charge in [-0.2, -0.15) is 0 Å². The molecule has 0 radical (unpaired) electrons. The number of benzene rings is 1. The molecule has 0 aliphatic carbocycles. The zero-order valence-electron chi connectivity index (χ0n) is 14.9. The van der Waals surface area contributed by atoms with E-state index in [1.54, 1.807) is 0 Å². The van der Waals surface area contributed by atoms with Crippen LogP contribution < -0.4 is 16.0 Å². The van der Waals surface area contributed by atoms with Gasteiger partial charge in [-0.3, -0.25) is 0 Å². The maximum atomic E-state index is 11.9. The van der Waals surface area contributed by atoms with Gasteiger partial charge < -0.3 is 21.1 Å². The van der Waals surface area contributed by atoms with E-state index in [1.165, 1.54) is 5.56 Å². The molecule has 0 saturated heterocycles. The van der Waals surface area contributed by atoms with E-state index in [-0.39, 0.29) is 36.2 Å². The normalized spacial score (nSPS) is 15.6. The molecule has 0 aliphatic heterocycles. The minimum absolute atomic E-state index is 0.0324. The smallest absolute Gasteiger partial charge is 0.315 e. The molecular weight excluding hydrogens is 290 g/mol. The second kappa shape index (κ2) is 8.89. The number of carbonyl (C=O) groups excluding carboxylic acids is 1. The molecule has 23 heavy (non-hydrogen) atoms. The Morgan fingerprint density at radius 1 is 1.17 bits per heavy atom. The Kier molecular flexibility index (Phi) is 7.52. The minimum Gasteiger partial charge on any atom is -0.396 e. The molecule has 0 bridgehead atoms. The molecule has 0 fully saturated rings. The van der Waals surface area contributed by atoms with E-state index in [0.29, 0.717) is 6.54 Å². The van der Waals surface area contributed by atoms with Gasteiger partial charge in [0.15, 0.2) is 0 Å². The van der Waals surface area contributed by atoms with Crippen LogP contribution in [-0.2, 0) is 0 Å². The third-order valence-corrected chi connectivity index (χ3v) is 4.10. The van der Waals surface area contributed by atoms with Gasteiger partial charge in [0.05, 0.1) is 0 Å². The van der Waals surface area contributed by atoms with Crippen LogP contribution in [0.15, 0.2) is 30.3 Å². The molecule has 1 aromatic carbocycles. The summed E-state index contributed by atoms with van der Waals surface area (Å²) in [6.07, 6.45) is 0. The van der Waals surface area contributed by atoms with Crippen molar-refractivity contribution < 1.29 is 9.90 Å². The number of amides is 2. The molecule has 0 saturated carbocycles. The van der Waals surface area contributed by atoms with Gasteiger partial charge in [-0.25, -0.2) is 4.79 Å². The van der Waals surface area contributed by atoms with Crippen molar-refractivity contribution in [3.05, 3.63) is 35.9 Å². The molecule has 1 aromatic rings. The summed E-state index contributed by atoms with van der Waals surface area (Å²) in [7, 11) is 0. The van der Waals surface area contributed by atoms with Crippen LogP contribution in [0.3, 0.4) is 0 Å². The van der Waals surface area contributed by atoms with Crippen molar-refractivity contribution in [1.29, 1.82) is 0 Å². The van der Waals surface area contributed by atoms with Gasteiger partial charge in [-0.05, 0) is 39.2 Å². The van der Waals surface area contributed by atoms with Crippen LogP contribution in [0.25, 0.3) is 0 Å². The zero-order valence-corrected chi connectivity index (χ0v) is 14.9. The molecule has 2 amide bonds. The van der Waals surface area contributed by atoms with Crippen LogP contribution in [0, 0.1) is 5.92 Å². The number of aliphatic hydroxyl groups is 1. The van der Waals surface area contributed by atoms with Crippen molar-refractivity contribution in [2.45, 2.75) is 52.2 Å². The van der Waals surface area contributed by atoms with Gasteiger partial charge in [-0.1, -0.05) is 37.3 Å². The number of urea groups is 1. The van der Waals surface area contributed by atoms with Crippen molar-refractivity contribution >= 4 is 6.03 Å². The van der Waals surface area contributed by atoms with Gasteiger partial charge in [0, 0.05) is 30.8 Å². The second-order valence-electron chi connectivity index (χ2n) is 6.94. The molecule has 0 spiro atoms. The van der Waals surface area contributed by atoms with E-state index < -0.39 is 0 Å². The number of hydrogen-bond donors (Lipinski definition) is 4. The van der Waals surface area contributed by atoms with Gasteiger partial charge in [-0.15, -0.1) is 0 Å². The largest absolute Gasteiger partial charge is 0.396 e. The minimum atomic E-state index is -0.238. The fraction of sp³-hybridized carbons (Fsp3) is 0.611. The first-order chi connectivity index (χ1) is 10.7. The van der Waals surface area contributed by atoms with Crippen molar-refractivity contribution in [1.82, 2.24) is 16.0 Å². The van der Waals surface area contributed by atoms with E-state index in [4.69, 9.17) is 5.11 Å². The first-order valence-corrected chi connectivity index (χ1v) is 8.23. The SMILES string of the molecule is CC(NC(C)(C)CNC(=O)NC(C)C(C)CO)c1ccccc1. The lowest BCUT2D eigenvalue weighted by Crippen LogP contribution is -2.53. The average Bonchev–Trinajstić information content (AvgIpc) is 2.52. The molecular formula is C18H31N3O2. The van der Waals surface area contributed by atoms with E-state index in [1.807, 2.05) is 32.0 Å². The molecule has 5 heteroatoms. The first kappa shape index (κ1) is 19.5. The predicted molar refractivity (Wildman–Crippen MR) is 94.3 cm³/mol. The molecule has 0 aliphatic rings. The summed E-state index contributed by atoms with van der Waals surface area (Å²) >= 11 is 0. The third-order valence-electron chi connectivity index (χ3n) is 4.10. The first-order valence-electron chi connectivity index (χ1n) is 8.23. The van der Waals surface area contributed by atoms with Crippen LogP contribution in [0.4, 0.5) is 4.79 Å². The molecule has 1 rings (SSSR count). The topological polar surface area (TPSA) is 73.4 Å². The fourth-order valence-corrected chi connectivity index (χ4v) is 2.32. The Balaban J connectivity index is 2.44. The average molecular weight is 321 g/mol. The quantitative estimate of drug-likeness (QED) is 0.594. The lowest BCUT2D eigenvalue weighted by Gasteiger charge is -2.31. The van der Waals surface area contributed by atoms with Crippen LogP contribution >= 0.6 is 0 Å². The summed E-state index contributed by atoms with van der Waals surface area (Å²) in [5, 5.41) is 18.4. The van der Waals surface area contributed by atoms with Gasteiger partial charge in [0.1, 0.15) is 0 Å². The predicted octanol–water partition coefficient (Wildman–Crippen LogP) is 2.43. The number of hydrogen-bond acceptors (Lipinski definition) is 3. The fourth-order valence-electron chi connectivity index (χ4n) is 2.32. The van der Waals surface area contributed by atoms with Gasteiger partial charge in [0.2, 0.25) is 0 Å². The highest BCUT2D eigenvalue weighted by Gasteiger charge is 2.22. The Labute approximate surface area is 139 Å². The van der Waals surface area contributed by atoms with Gasteiger partial charge >= 0.3 is 6.03 Å². The summed E-state index contributed by atoms with van der Waals surface area (Å²) in [5.41, 5.74) is 0.980. The third kappa shape index (κ3) is 7.01. The Morgan fingerprint density at radius 3 is 2.35 bits per heavy atom. The number of nitrogens with one attached hydrogen (secondary N) is 3. The lowest BCUT2D eigenvalue weighted by atomic mass is 10.0. The van der Waals surface area contributed by atoms with E-state index in [9.17, 15) is 4.79 Å². The second-order valence-corrected chi connectivity index (χ2v) is 6.94. The highest BCUT2D eigenvalue weighted by Crippen LogP contribution is 2.15. The van der Waals surface area contributed by atoms with E-state index >= 15 is 0 Å². The van der Waals surface area contributed by atoms with Crippen molar-refractivity contribution in [2.24, 2.45) is 5.92 Å². The molecule has 3 atom stereocenters. The summed E-state index contributed by atoms with van der Waals surface area (Å²) in [5.74, 6) is 0.0324. The number of rotatable bonds is 8. The van der Waals surface area contributed by atoms with Crippen LogP contribution in [0.1, 0.15) is 46.2 Å². The maximum absolute atomic E-state index is 11.9. The Hall–Kier alpha value is -1.59. The van der Waals surface area contributed by atoms with Crippen LogP contribution in [0.2, 0.25) is 0 Å². The maximum Gasteiger partial charge on any atom is 0.315 e. The molecule has 130 valence electrons. The Bertz CT molecular complexity index is 476. The van der Waals surface area contributed by atoms with Crippen LogP contribution in [0.5, 0.6) is 0 Å². The van der Waals surface area contributed by atoms with Crippen molar-refractivity contribution in [2.75, 3.05) is 13.2 Å². The summed E-state index contributed by atoms with van der Waals surface area (Å²) in [6, 6.07) is 10.1. The zero-order chi connectivity index (χ0) is 17.5. The summed E-state index contributed by atoms with van der Waals surface area (Å²) < 4.78 is 0. The standard InChI is InChI=1S/C18H31N3O2/c1-13(11-22)14(2)20-17(23)19-12-18(4,5)21-15(3)16-9-7-6-8-10-16/h6-10,13-15,21-22H,11-12H2,1-5H3,(H2,19,20,23). The highest BCUT2D eigenvalue weighted by atomic mass is 16.3. The van der Waals surface area contributed by atoms with Crippen molar-refractivity contribution in [3.63, 3.8) is 0 Å². The summed E-state index contributed by atoms with van der Waals surface area (Å²) in [6.45, 7) is 10.6. The monoisotopic (exact) mass is 321 g/mol. The molecule has 5 nitrogen and oxygen atoms in total. The van der Waals surface area contributed by atoms with E-state index in [0.717, 1.165) is 0 Å². The molecule has 0 heterocycles. The number of carbonyl (C=O) groups is 1. The van der Waals surface area contributed by atoms with E-state index in [2.05, 4.69) is 48.9 Å². The van der Waals surface area contributed by atoms with Gasteiger partial charge in [0.25, 0.3) is 0 Å². The molecule has 3 unspecified atom stereocenters. The highest BCUT2D eigenvalue weighted by molar-refractivity contribution is 5.74. The summed E-state index contributed by atoms with van der Waals surface area (Å²) in [4.78, 5) is 11.9. The number of aliphatic hydroxyl groups excluding tert-OH is 1. The Morgan fingerprint density at radius 2 is 1.78 bits per heavy atom. The molecule has 0 aromatic heterocycles. The van der Waals surface area contributed by atoms with Crippen molar-refractivity contribution in [3.8, 4) is 0 Å². The van der Waals surface area contributed by atoms with Crippen LogP contribution in [-0.4, -0.2) is 35.9 Å².